The van der Waals surface area contributed by atoms with E-state index in [9.17, 15) is 0 Å². The maximum atomic E-state index is 5.43. The third-order valence-corrected chi connectivity index (χ3v) is 3.71. The zero-order valence-electron chi connectivity index (χ0n) is 13.5. The molecule has 1 unspecified atom stereocenters. The van der Waals surface area contributed by atoms with Gasteiger partial charge in [-0.1, -0.05) is 12.1 Å². The number of halogens is 1. The zero-order valence-corrected chi connectivity index (χ0v) is 15.9. The van der Waals surface area contributed by atoms with Gasteiger partial charge in [-0.15, -0.1) is 24.0 Å². The van der Waals surface area contributed by atoms with Gasteiger partial charge in [-0.3, -0.25) is 4.99 Å². The van der Waals surface area contributed by atoms with Crippen LogP contribution in [0.3, 0.4) is 0 Å². The molecule has 0 saturated carbocycles. The summed E-state index contributed by atoms with van der Waals surface area (Å²) in [6.07, 6.45) is 1.14. The summed E-state index contributed by atoms with van der Waals surface area (Å²) < 4.78 is 10.7. The van der Waals surface area contributed by atoms with Crippen LogP contribution in [0.1, 0.15) is 12.0 Å². The predicted molar refractivity (Wildman–Crippen MR) is 100 cm³/mol. The first-order valence-electron chi connectivity index (χ1n) is 7.35. The van der Waals surface area contributed by atoms with Crippen molar-refractivity contribution in [2.75, 3.05) is 41.0 Å². The Morgan fingerprint density at radius 2 is 2.32 bits per heavy atom. The number of hydrogen-bond acceptors (Lipinski definition) is 3. The monoisotopic (exact) mass is 419 g/mol. The van der Waals surface area contributed by atoms with Crippen LogP contribution in [0.4, 0.5) is 0 Å². The number of ether oxygens (including phenoxy) is 2. The molecule has 1 aliphatic rings. The van der Waals surface area contributed by atoms with Crippen molar-refractivity contribution in [1.29, 1.82) is 0 Å². The number of nitrogens with zero attached hydrogens (tertiary/aromatic N) is 2. The number of nitrogens with one attached hydrogen (secondary N) is 1. The van der Waals surface area contributed by atoms with Gasteiger partial charge in [0, 0.05) is 39.7 Å². The third kappa shape index (κ3) is 5.64. The lowest BCUT2D eigenvalue weighted by Crippen LogP contribution is -2.41. The van der Waals surface area contributed by atoms with Crippen LogP contribution in [0.15, 0.2) is 29.3 Å². The van der Waals surface area contributed by atoms with Crippen LogP contribution in [-0.4, -0.2) is 51.8 Å². The van der Waals surface area contributed by atoms with Crippen molar-refractivity contribution < 1.29 is 9.47 Å². The number of hydrogen-bond donors (Lipinski definition) is 1. The Labute approximate surface area is 150 Å². The fourth-order valence-corrected chi connectivity index (χ4v) is 2.55. The summed E-state index contributed by atoms with van der Waals surface area (Å²) in [7, 11) is 5.57. The lowest BCUT2D eigenvalue weighted by atomic mass is 10.1. The summed E-state index contributed by atoms with van der Waals surface area (Å²) in [5.74, 6) is 2.39. The summed E-state index contributed by atoms with van der Waals surface area (Å²) in [6, 6.07) is 8.06. The van der Waals surface area contributed by atoms with Crippen LogP contribution < -0.4 is 10.1 Å². The number of methoxy groups -OCH3 is 1. The highest BCUT2D eigenvalue weighted by atomic mass is 127. The molecule has 5 nitrogen and oxygen atoms in total. The van der Waals surface area contributed by atoms with Crippen molar-refractivity contribution in [1.82, 2.24) is 10.2 Å². The number of aliphatic imine (C=N–C) groups is 1. The summed E-state index contributed by atoms with van der Waals surface area (Å²) in [4.78, 5) is 6.51. The molecule has 124 valence electrons. The highest BCUT2D eigenvalue weighted by Gasteiger charge is 2.18. The van der Waals surface area contributed by atoms with Crippen LogP contribution in [0.5, 0.6) is 5.75 Å². The van der Waals surface area contributed by atoms with E-state index in [0.29, 0.717) is 5.92 Å². The van der Waals surface area contributed by atoms with E-state index in [0.717, 1.165) is 44.4 Å². The highest BCUT2D eigenvalue weighted by molar-refractivity contribution is 14.0. The van der Waals surface area contributed by atoms with Gasteiger partial charge in [0.1, 0.15) is 5.75 Å². The Morgan fingerprint density at radius 1 is 1.50 bits per heavy atom. The average molecular weight is 419 g/mol. The summed E-state index contributed by atoms with van der Waals surface area (Å²) in [6.45, 7) is 3.44. The molecule has 1 heterocycles. The first-order chi connectivity index (χ1) is 10.2. The van der Waals surface area contributed by atoms with Gasteiger partial charge in [-0.2, -0.15) is 0 Å². The number of rotatable bonds is 5. The van der Waals surface area contributed by atoms with Crippen LogP contribution in [0, 0.1) is 5.92 Å². The van der Waals surface area contributed by atoms with Gasteiger partial charge in [0.2, 0.25) is 0 Å². The van der Waals surface area contributed by atoms with Gasteiger partial charge in [0.25, 0.3) is 0 Å². The van der Waals surface area contributed by atoms with E-state index in [-0.39, 0.29) is 24.0 Å². The van der Waals surface area contributed by atoms with E-state index >= 15 is 0 Å². The first kappa shape index (κ1) is 19.0. The van der Waals surface area contributed by atoms with Gasteiger partial charge in [0.15, 0.2) is 5.96 Å². The molecule has 0 aliphatic carbocycles. The highest BCUT2D eigenvalue weighted by Crippen LogP contribution is 2.14. The molecular formula is C16H26IN3O2. The quantitative estimate of drug-likeness (QED) is 0.452. The number of benzene rings is 1. The van der Waals surface area contributed by atoms with Crippen molar-refractivity contribution in [3.63, 3.8) is 0 Å². The first-order valence-corrected chi connectivity index (χ1v) is 7.35. The van der Waals surface area contributed by atoms with Crippen molar-refractivity contribution >= 4 is 29.9 Å². The Morgan fingerprint density at radius 3 is 2.95 bits per heavy atom. The topological polar surface area (TPSA) is 46.1 Å². The number of guanidine groups is 1. The van der Waals surface area contributed by atoms with Crippen LogP contribution in [0.25, 0.3) is 0 Å². The fraction of sp³-hybridized carbons (Fsp3) is 0.562. The van der Waals surface area contributed by atoms with Crippen LogP contribution in [-0.2, 0) is 11.3 Å². The molecule has 0 aromatic heterocycles. The second-order valence-electron chi connectivity index (χ2n) is 5.36. The summed E-state index contributed by atoms with van der Waals surface area (Å²) in [5.41, 5.74) is 1.17. The second-order valence-corrected chi connectivity index (χ2v) is 5.36. The molecule has 1 N–H and O–H groups in total. The van der Waals surface area contributed by atoms with E-state index in [1.165, 1.54) is 5.56 Å². The molecule has 6 heteroatoms. The Bertz CT molecular complexity index is 476. The van der Waals surface area contributed by atoms with E-state index in [1.54, 1.807) is 7.11 Å². The third-order valence-electron chi connectivity index (χ3n) is 3.71. The molecule has 0 radical (unpaired) electrons. The Kier molecular flexibility index (Phi) is 8.55. The van der Waals surface area contributed by atoms with Gasteiger partial charge in [-0.05, 0) is 24.1 Å². The minimum atomic E-state index is 0. The van der Waals surface area contributed by atoms with Crippen LogP contribution >= 0.6 is 24.0 Å². The molecule has 1 aromatic rings. The predicted octanol–water partition coefficient (Wildman–Crippen LogP) is 2.36. The normalized spacial score (nSPS) is 17.8. The molecule has 1 atom stereocenters. The SMILES string of the molecule is CN=C(NCc1cccc(OC)c1)N(C)CC1CCOC1.I. The minimum Gasteiger partial charge on any atom is -0.497 e. The van der Waals surface area contributed by atoms with Gasteiger partial charge >= 0.3 is 0 Å². The molecule has 1 aromatic carbocycles. The maximum absolute atomic E-state index is 5.43. The van der Waals surface area contributed by atoms with Gasteiger partial charge in [-0.25, -0.2) is 0 Å². The lowest BCUT2D eigenvalue weighted by Gasteiger charge is -2.24. The Hall–Kier alpha value is -1.02. The minimum absolute atomic E-state index is 0. The Balaban J connectivity index is 0.00000242. The van der Waals surface area contributed by atoms with Crippen molar-refractivity contribution in [2.24, 2.45) is 10.9 Å². The second kappa shape index (κ2) is 9.89. The summed E-state index contributed by atoms with van der Waals surface area (Å²) >= 11 is 0. The molecule has 0 amide bonds. The van der Waals surface area contributed by atoms with Crippen LogP contribution in [0.2, 0.25) is 0 Å². The van der Waals surface area contributed by atoms with E-state index in [1.807, 2.05) is 25.2 Å². The van der Waals surface area contributed by atoms with Crippen molar-refractivity contribution in [3.05, 3.63) is 29.8 Å². The van der Waals surface area contributed by atoms with Crippen molar-refractivity contribution in [3.8, 4) is 5.75 Å². The molecule has 0 bridgehead atoms. The molecular weight excluding hydrogens is 393 g/mol. The lowest BCUT2D eigenvalue weighted by molar-refractivity contribution is 0.181. The van der Waals surface area contributed by atoms with Gasteiger partial charge < -0.3 is 19.7 Å². The van der Waals surface area contributed by atoms with Crippen molar-refractivity contribution in [2.45, 2.75) is 13.0 Å². The molecule has 2 rings (SSSR count). The molecule has 0 spiro atoms. The van der Waals surface area contributed by atoms with E-state index in [2.05, 4.69) is 28.3 Å². The maximum Gasteiger partial charge on any atom is 0.193 e. The van der Waals surface area contributed by atoms with E-state index in [4.69, 9.17) is 9.47 Å². The van der Waals surface area contributed by atoms with Gasteiger partial charge in [0.05, 0.1) is 13.7 Å². The molecule has 22 heavy (non-hydrogen) atoms. The largest absolute Gasteiger partial charge is 0.497 e. The summed E-state index contributed by atoms with van der Waals surface area (Å²) in [5, 5.41) is 3.39. The molecule has 1 fully saturated rings. The standard InChI is InChI=1S/C16H25N3O2.HI/c1-17-16(19(2)11-14-7-8-21-12-14)18-10-13-5-4-6-15(9-13)20-3;/h4-6,9,14H,7-8,10-12H2,1-3H3,(H,17,18);1H. The smallest absolute Gasteiger partial charge is 0.193 e. The average Bonchev–Trinajstić information content (AvgIpc) is 3.01. The van der Waals surface area contributed by atoms with E-state index < -0.39 is 0 Å². The fourth-order valence-electron chi connectivity index (χ4n) is 2.55. The molecule has 1 saturated heterocycles. The molecule has 1 aliphatic heterocycles. The zero-order chi connectivity index (χ0) is 15.1.